The highest BCUT2D eigenvalue weighted by atomic mass is 16.5. The molecule has 0 aliphatic heterocycles. The Morgan fingerprint density at radius 3 is 2.36 bits per heavy atom. The molecule has 82 valence electrons. The van der Waals surface area contributed by atoms with Crippen molar-refractivity contribution in [1.82, 2.24) is 5.06 Å². The van der Waals surface area contributed by atoms with Crippen LogP contribution in [0.4, 0.5) is 0 Å². The number of hydrogen-bond donors (Lipinski definition) is 3. The molecule has 0 saturated carbocycles. The van der Waals surface area contributed by atoms with Gasteiger partial charge < -0.3 is 27.5 Å². The number of hydroxylamine groups is 2. The van der Waals surface area contributed by atoms with Crippen molar-refractivity contribution in [2.24, 2.45) is 17.2 Å². The minimum absolute atomic E-state index is 0.207. The van der Waals surface area contributed by atoms with Crippen molar-refractivity contribution in [3.63, 3.8) is 0 Å². The maximum Gasteiger partial charge on any atom is 0.0716 e. The van der Waals surface area contributed by atoms with E-state index in [0.717, 1.165) is 24.3 Å². The van der Waals surface area contributed by atoms with Crippen molar-refractivity contribution in [3.8, 4) is 0 Å². The van der Waals surface area contributed by atoms with Gasteiger partial charge in [0.2, 0.25) is 0 Å². The molecule has 0 aromatic heterocycles. The fourth-order valence-electron chi connectivity index (χ4n) is 1.03. The first kappa shape index (κ1) is 12.6. The molecule has 0 fully saturated rings. The molecule has 0 rings (SSSR count). The summed E-state index contributed by atoms with van der Waals surface area (Å²) in [6, 6.07) is 0. The Balaban J connectivity index is 4.13. The molecular weight excluding hydrogens is 180 g/mol. The molecule has 0 spiro atoms. The van der Waals surface area contributed by atoms with Crippen molar-refractivity contribution in [3.05, 3.63) is 29.0 Å². The predicted octanol–water partition coefficient (Wildman–Crippen LogP) is 0.535. The van der Waals surface area contributed by atoms with Crippen LogP contribution in [0.25, 0.3) is 0 Å². The molecule has 0 aliphatic rings. The summed E-state index contributed by atoms with van der Waals surface area (Å²) >= 11 is 0. The second-order valence-electron chi connectivity index (χ2n) is 2.98. The first-order chi connectivity index (χ1) is 6.67. The van der Waals surface area contributed by atoms with Gasteiger partial charge in [0.05, 0.1) is 11.4 Å². The Labute approximate surface area is 84.8 Å². The van der Waals surface area contributed by atoms with Crippen LogP contribution in [0.5, 0.6) is 0 Å². The van der Waals surface area contributed by atoms with Crippen LogP contribution in [-0.2, 0) is 0 Å². The van der Waals surface area contributed by atoms with Crippen molar-refractivity contribution in [2.75, 3.05) is 6.54 Å². The monoisotopic (exact) mass is 199 g/mol. The van der Waals surface area contributed by atoms with Crippen LogP contribution in [0.15, 0.2) is 23.8 Å². The molecule has 0 aliphatic carbocycles. The number of rotatable bonds is 6. The summed E-state index contributed by atoms with van der Waals surface area (Å²) in [5, 5.41) is 12.2. The predicted molar refractivity (Wildman–Crippen MR) is 58.3 cm³/mol. The van der Waals surface area contributed by atoms with Gasteiger partial charge in [-0.3, -0.25) is 0 Å². The average molecular weight is 199 g/mol. The van der Waals surface area contributed by atoms with Gasteiger partial charge in [-0.15, -0.1) is 0 Å². The van der Waals surface area contributed by atoms with Crippen LogP contribution in [-0.4, -0.2) is 11.6 Å². The van der Waals surface area contributed by atoms with E-state index >= 15 is 0 Å². The third-order valence-electron chi connectivity index (χ3n) is 1.87. The molecule has 5 heteroatoms. The van der Waals surface area contributed by atoms with Crippen LogP contribution in [0.3, 0.4) is 0 Å². The molecule has 0 saturated heterocycles. The highest BCUT2D eigenvalue weighted by Crippen LogP contribution is 2.09. The van der Waals surface area contributed by atoms with E-state index in [9.17, 15) is 5.21 Å². The molecule has 5 nitrogen and oxygen atoms in total. The zero-order valence-electron chi connectivity index (χ0n) is 8.57. The highest BCUT2D eigenvalue weighted by Gasteiger charge is 2.01. The molecule has 14 heavy (non-hydrogen) atoms. The lowest BCUT2D eigenvalue weighted by Crippen LogP contribution is -2.23. The van der Waals surface area contributed by atoms with E-state index in [1.807, 2.05) is 0 Å². The van der Waals surface area contributed by atoms with E-state index in [1.54, 1.807) is 0 Å². The quantitative estimate of drug-likeness (QED) is 0.329. The number of nitrogens with two attached hydrogens (primary N) is 3. The van der Waals surface area contributed by atoms with Crippen molar-refractivity contribution in [1.29, 1.82) is 0 Å². The molecule has 6 N–H and O–H groups in total. The average Bonchev–Trinajstić information content (AvgIpc) is 2.19. The van der Waals surface area contributed by atoms with Gasteiger partial charge in [0.15, 0.2) is 0 Å². The minimum atomic E-state index is 0.207. The number of nitrogens with zero attached hydrogens (tertiary/aromatic N) is 1. The third kappa shape index (κ3) is 4.04. The van der Waals surface area contributed by atoms with Crippen LogP contribution >= 0.6 is 0 Å². The molecule has 0 aromatic rings. The van der Waals surface area contributed by atoms with Crippen molar-refractivity contribution < 1.29 is 0 Å². The first-order valence-corrected chi connectivity index (χ1v) is 4.71. The van der Waals surface area contributed by atoms with Gasteiger partial charge >= 0.3 is 0 Å². The lowest BCUT2D eigenvalue weighted by atomic mass is 10.2. The first-order valence-electron chi connectivity index (χ1n) is 4.71. The molecule has 0 heterocycles. The minimum Gasteiger partial charge on any atom is -0.758 e. The summed E-state index contributed by atoms with van der Waals surface area (Å²) in [5.41, 5.74) is 16.4. The third-order valence-corrected chi connectivity index (χ3v) is 1.87. The normalized spacial score (nSPS) is 13.0. The summed E-state index contributed by atoms with van der Waals surface area (Å²) in [7, 11) is 0. The van der Waals surface area contributed by atoms with Crippen molar-refractivity contribution in [2.45, 2.75) is 26.2 Å². The zero-order chi connectivity index (χ0) is 11.0. The van der Waals surface area contributed by atoms with Gasteiger partial charge in [-0.1, -0.05) is 19.8 Å². The van der Waals surface area contributed by atoms with E-state index in [1.165, 1.54) is 12.4 Å². The lowest BCUT2D eigenvalue weighted by Gasteiger charge is -2.32. The zero-order valence-corrected chi connectivity index (χ0v) is 8.57. The van der Waals surface area contributed by atoms with Gasteiger partial charge in [0.25, 0.3) is 0 Å². The molecule has 0 radical (unpaired) electrons. The van der Waals surface area contributed by atoms with Crippen LogP contribution in [0.2, 0.25) is 0 Å². The second-order valence-corrected chi connectivity index (χ2v) is 2.98. The molecule has 0 amide bonds. The summed E-state index contributed by atoms with van der Waals surface area (Å²) in [6.07, 6.45) is 5.26. The summed E-state index contributed by atoms with van der Waals surface area (Å²) in [5.74, 6) is 0. The Morgan fingerprint density at radius 2 is 1.93 bits per heavy atom. The summed E-state index contributed by atoms with van der Waals surface area (Å²) in [6.45, 7) is 2.47. The Kier molecular flexibility index (Phi) is 6.39. The maximum absolute atomic E-state index is 11.4. The lowest BCUT2D eigenvalue weighted by molar-refractivity contribution is 0.448. The summed E-state index contributed by atoms with van der Waals surface area (Å²) in [4.78, 5) is 0. The van der Waals surface area contributed by atoms with Crippen LogP contribution in [0.1, 0.15) is 26.2 Å². The van der Waals surface area contributed by atoms with Crippen LogP contribution in [0, 0.1) is 5.21 Å². The van der Waals surface area contributed by atoms with E-state index < -0.39 is 0 Å². The van der Waals surface area contributed by atoms with Gasteiger partial charge in [0.1, 0.15) is 0 Å². The van der Waals surface area contributed by atoms with E-state index in [2.05, 4.69) is 6.92 Å². The molecule has 0 bridgehead atoms. The van der Waals surface area contributed by atoms with Crippen molar-refractivity contribution >= 4 is 0 Å². The molecule has 0 atom stereocenters. The van der Waals surface area contributed by atoms with E-state index in [0.29, 0.717) is 6.54 Å². The van der Waals surface area contributed by atoms with E-state index in [4.69, 9.17) is 17.2 Å². The molecule has 0 unspecified atom stereocenters. The SMILES string of the molecule is CCCCCN([O-])C(=C\N)/C(N)=C/N. The highest BCUT2D eigenvalue weighted by molar-refractivity contribution is 5.25. The number of hydrogen-bond acceptors (Lipinski definition) is 5. The molecular formula is C9H19N4O-. The van der Waals surface area contributed by atoms with Gasteiger partial charge in [-0.2, -0.15) is 0 Å². The van der Waals surface area contributed by atoms with Gasteiger partial charge in [0, 0.05) is 18.9 Å². The number of unbranched alkanes of at least 4 members (excludes halogenated alkanes) is 2. The fraction of sp³-hybridized carbons (Fsp3) is 0.556. The summed E-state index contributed by atoms with van der Waals surface area (Å²) < 4.78 is 0. The smallest absolute Gasteiger partial charge is 0.0716 e. The molecule has 0 aromatic carbocycles. The second kappa shape index (κ2) is 7.08. The largest absolute Gasteiger partial charge is 0.758 e. The van der Waals surface area contributed by atoms with Gasteiger partial charge in [-0.25, -0.2) is 0 Å². The standard InChI is InChI=1S/C9H19N4O/c1-2-3-4-5-13(14)9(7-11)8(12)6-10/h6-7H,2-5,10-12H2,1H3/q-1/b8-6-,9-7-. The maximum atomic E-state index is 11.4. The topological polar surface area (TPSA) is 104 Å². The van der Waals surface area contributed by atoms with Crippen LogP contribution < -0.4 is 17.2 Å². The van der Waals surface area contributed by atoms with Gasteiger partial charge in [-0.05, 0) is 6.42 Å². The Morgan fingerprint density at radius 1 is 1.29 bits per heavy atom. The Hall–Kier alpha value is -1.36. The fourth-order valence-corrected chi connectivity index (χ4v) is 1.03. The Bertz CT molecular complexity index is 213. The van der Waals surface area contributed by atoms with E-state index in [-0.39, 0.29) is 11.4 Å².